The standard InChI is InChI=1S/C45H70O5/c1-3-5-7-9-11-13-15-17-19-21-23-25-27-29-31-33-43(47)40-49-44-36-41(38-46)35-42(37-44)39-50-45(48)34-32-30-28-26-24-22-20-18-16-14-12-10-8-6-4-2/h11-14,17-20,35-38H,3-10,15-16,21-34,39-40H2,1-2H3. The van der Waals surface area contributed by atoms with Crippen LogP contribution < -0.4 is 4.74 Å². The predicted octanol–water partition coefficient (Wildman–Crippen LogP) is 13.1. The van der Waals surface area contributed by atoms with Gasteiger partial charge in [0.15, 0.2) is 5.78 Å². The molecule has 1 aromatic rings. The first-order valence-electron chi connectivity index (χ1n) is 20.1. The molecule has 5 nitrogen and oxygen atoms in total. The van der Waals surface area contributed by atoms with Crippen LogP contribution in [0.1, 0.15) is 184 Å². The molecular formula is C45H70O5. The highest BCUT2D eigenvalue weighted by molar-refractivity contribution is 5.80. The molecule has 1 rings (SSSR count). The van der Waals surface area contributed by atoms with E-state index in [1.807, 2.05) is 0 Å². The van der Waals surface area contributed by atoms with E-state index in [1.54, 1.807) is 18.2 Å². The highest BCUT2D eigenvalue weighted by Gasteiger charge is 2.09. The van der Waals surface area contributed by atoms with Crippen molar-refractivity contribution < 1.29 is 23.9 Å². The summed E-state index contributed by atoms with van der Waals surface area (Å²) in [5.41, 5.74) is 1.11. The zero-order chi connectivity index (χ0) is 36.2. The van der Waals surface area contributed by atoms with Crippen LogP contribution in [-0.2, 0) is 20.9 Å². The summed E-state index contributed by atoms with van der Waals surface area (Å²) in [5.74, 6) is 0.266. The Morgan fingerprint density at radius 3 is 1.56 bits per heavy atom. The van der Waals surface area contributed by atoms with Crippen LogP contribution in [0.4, 0.5) is 0 Å². The van der Waals surface area contributed by atoms with Gasteiger partial charge in [0, 0.05) is 18.4 Å². The number of hydrogen-bond donors (Lipinski definition) is 0. The van der Waals surface area contributed by atoms with Crippen molar-refractivity contribution in [1.29, 1.82) is 0 Å². The van der Waals surface area contributed by atoms with Crippen molar-refractivity contribution >= 4 is 18.0 Å². The number of allylic oxidation sites excluding steroid dienone is 8. The Morgan fingerprint density at radius 2 is 1.04 bits per heavy atom. The first-order valence-corrected chi connectivity index (χ1v) is 20.1. The monoisotopic (exact) mass is 691 g/mol. The molecule has 0 atom stereocenters. The maximum Gasteiger partial charge on any atom is 0.306 e. The third-order valence-electron chi connectivity index (χ3n) is 8.66. The molecule has 0 heterocycles. The molecule has 0 fully saturated rings. The SMILES string of the molecule is CCCCCC=CCC=CCCCCCCCC(=O)COc1cc(C=O)cc(COC(=O)CCCCCCCC=CCC=CCCCCC)c1. The maximum absolute atomic E-state index is 12.4. The molecule has 0 aromatic heterocycles. The number of hydrogen-bond acceptors (Lipinski definition) is 5. The number of ketones is 1. The van der Waals surface area contributed by atoms with Crippen LogP contribution in [-0.4, -0.2) is 24.6 Å². The predicted molar refractivity (Wildman–Crippen MR) is 211 cm³/mol. The summed E-state index contributed by atoms with van der Waals surface area (Å²) < 4.78 is 11.2. The number of esters is 1. The van der Waals surface area contributed by atoms with Gasteiger partial charge in [0.1, 0.15) is 25.2 Å². The van der Waals surface area contributed by atoms with Gasteiger partial charge in [-0.1, -0.05) is 127 Å². The fourth-order valence-corrected chi connectivity index (χ4v) is 5.61. The minimum atomic E-state index is -0.234. The minimum absolute atomic E-state index is 0.0216. The molecule has 0 bridgehead atoms. The number of aldehydes is 1. The molecule has 5 heteroatoms. The van der Waals surface area contributed by atoms with Gasteiger partial charge in [0.05, 0.1) is 0 Å². The maximum atomic E-state index is 12.4. The molecule has 0 N–H and O–H groups in total. The van der Waals surface area contributed by atoms with Gasteiger partial charge in [-0.2, -0.15) is 0 Å². The number of benzene rings is 1. The molecule has 0 spiro atoms. The summed E-state index contributed by atoms with van der Waals surface area (Å²) in [5, 5.41) is 0. The Hall–Kier alpha value is -3.21. The highest BCUT2D eigenvalue weighted by Crippen LogP contribution is 2.19. The summed E-state index contributed by atoms with van der Waals surface area (Å²) in [6.07, 6.45) is 45.0. The second-order valence-corrected chi connectivity index (χ2v) is 13.5. The number of unbranched alkanes of at least 4 members (excludes halogenated alkanes) is 16. The van der Waals surface area contributed by atoms with E-state index in [0.29, 0.717) is 29.7 Å². The van der Waals surface area contributed by atoms with Crippen LogP contribution in [0.5, 0.6) is 5.75 Å². The van der Waals surface area contributed by atoms with Gasteiger partial charge in [0.2, 0.25) is 0 Å². The Balaban J connectivity index is 2.13. The summed E-state index contributed by atoms with van der Waals surface area (Å²) in [6, 6.07) is 5.05. The smallest absolute Gasteiger partial charge is 0.306 e. The Labute approximate surface area is 306 Å². The molecular weight excluding hydrogens is 620 g/mol. The summed E-state index contributed by atoms with van der Waals surface area (Å²) in [7, 11) is 0. The van der Waals surface area contributed by atoms with Gasteiger partial charge in [-0.15, -0.1) is 0 Å². The van der Waals surface area contributed by atoms with E-state index in [-0.39, 0.29) is 25.0 Å². The second-order valence-electron chi connectivity index (χ2n) is 13.5. The second kappa shape index (κ2) is 34.2. The highest BCUT2D eigenvalue weighted by atomic mass is 16.5. The molecule has 0 aliphatic carbocycles. The van der Waals surface area contributed by atoms with Crippen LogP contribution >= 0.6 is 0 Å². The lowest BCUT2D eigenvalue weighted by Crippen LogP contribution is -2.11. The topological polar surface area (TPSA) is 69.7 Å². The van der Waals surface area contributed by atoms with E-state index in [2.05, 4.69) is 62.5 Å². The van der Waals surface area contributed by atoms with E-state index in [1.165, 1.54) is 77.0 Å². The van der Waals surface area contributed by atoms with Crippen molar-refractivity contribution in [3.63, 3.8) is 0 Å². The fourth-order valence-electron chi connectivity index (χ4n) is 5.61. The normalized spacial score (nSPS) is 11.8. The van der Waals surface area contributed by atoms with Gasteiger partial charge in [-0.25, -0.2) is 0 Å². The zero-order valence-corrected chi connectivity index (χ0v) is 31.9. The van der Waals surface area contributed by atoms with Crippen LogP contribution in [0, 0.1) is 0 Å². The van der Waals surface area contributed by atoms with Gasteiger partial charge < -0.3 is 9.47 Å². The number of Topliss-reactive ketones (excluding diaryl/α,β-unsaturated/α-hetero) is 1. The van der Waals surface area contributed by atoms with Crippen molar-refractivity contribution in [1.82, 2.24) is 0 Å². The van der Waals surface area contributed by atoms with Crippen molar-refractivity contribution in [3.05, 3.63) is 77.9 Å². The van der Waals surface area contributed by atoms with Crippen molar-refractivity contribution in [2.24, 2.45) is 0 Å². The lowest BCUT2D eigenvalue weighted by Gasteiger charge is -2.10. The molecule has 50 heavy (non-hydrogen) atoms. The summed E-state index contributed by atoms with van der Waals surface area (Å²) in [4.78, 5) is 36.2. The molecule has 0 amide bonds. The fraction of sp³-hybridized carbons (Fsp3) is 0.622. The van der Waals surface area contributed by atoms with E-state index >= 15 is 0 Å². The molecule has 0 saturated heterocycles. The largest absolute Gasteiger partial charge is 0.486 e. The van der Waals surface area contributed by atoms with Gasteiger partial charge in [-0.3, -0.25) is 14.4 Å². The molecule has 0 saturated carbocycles. The van der Waals surface area contributed by atoms with E-state index in [9.17, 15) is 14.4 Å². The Kier molecular flexibility index (Phi) is 30.7. The van der Waals surface area contributed by atoms with Gasteiger partial charge in [-0.05, 0) is 101 Å². The van der Waals surface area contributed by atoms with Crippen LogP contribution in [0.3, 0.4) is 0 Å². The van der Waals surface area contributed by atoms with Gasteiger partial charge in [0.25, 0.3) is 0 Å². The van der Waals surface area contributed by atoms with E-state index in [4.69, 9.17) is 9.47 Å². The Morgan fingerprint density at radius 1 is 0.560 bits per heavy atom. The van der Waals surface area contributed by atoms with Crippen LogP contribution in [0.25, 0.3) is 0 Å². The Bertz CT molecular complexity index is 1030. The summed E-state index contributed by atoms with van der Waals surface area (Å²) in [6.45, 7) is 4.53. The van der Waals surface area contributed by atoms with Crippen LogP contribution in [0.2, 0.25) is 0 Å². The minimum Gasteiger partial charge on any atom is -0.486 e. The lowest BCUT2D eigenvalue weighted by atomic mass is 10.1. The van der Waals surface area contributed by atoms with Crippen molar-refractivity contribution in [2.75, 3.05) is 6.61 Å². The average molecular weight is 691 g/mol. The van der Waals surface area contributed by atoms with Crippen molar-refractivity contribution in [2.45, 2.75) is 175 Å². The molecule has 0 aliphatic heterocycles. The van der Waals surface area contributed by atoms with Crippen LogP contribution in [0.15, 0.2) is 66.8 Å². The van der Waals surface area contributed by atoms with E-state index in [0.717, 1.165) is 70.5 Å². The quantitative estimate of drug-likeness (QED) is 0.0311. The van der Waals surface area contributed by atoms with Gasteiger partial charge >= 0.3 is 5.97 Å². The lowest BCUT2D eigenvalue weighted by molar-refractivity contribution is -0.145. The third kappa shape index (κ3) is 28.6. The molecule has 1 aromatic carbocycles. The average Bonchev–Trinajstić information content (AvgIpc) is 3.13. The number of carbonyl (C=O) groups is 3. The number of carbonyl (C=O) groups excluding carboxylic acids is 3. The molecule has 0 aliphatic rings. The first kappa shape index (κ1) is 44.8. The molecule has 0 unspecified atom stereocenters. The molecule has 280 valence electrons. The zero-order valence-electron chi connectivity index (χ0n) is 31.9. The van der Waals surface area contributed by atoms with Crippen molar-refractivity contribution in [3.8, 4) is 5.75 Å². The number of rotatable bonds is 34. The summed E-state index contributed by atoms with van der Waals surface area (Å²) >= 11 is 0. The number of ether oxygens (including phenoxy) is 2. The molecule has 0 radical (unpaired) electrons. The third-order valence-corrected chi connectivity index (χ3v) is 8.66. The van der Waals surface area contributed by atoms with E-state index < -0.39 is 0 Å². The first-order chi connectivity index (χ1) is 24.6.